The van der Waals surface area contributed by atoms with Crippen LogP contribution in [0.2, 0.25) is 0 Å². The maximum absolute atomic E-state index is 12.2. The first kappa shape index (κ1) is 18.7. The van der Waals surface area contributed by atoms with Gasteiger partial charge in [0.25, 0.3) is 0 Å². The zero-order valence-corrected chi connectivity index (χ0v) is 8.54. The minimum absolute atomic E-state index is 1.14. The van der Waals surface area contributed by atoms with Gasteiger partial charge in [-0.15, -0.1) is 12.3 Å². The molecule has 0 aromatic carbocycles. The SMILES string of the molecule is C#CCC(F)(F)C(O)(F)C(F)(F)F.OP(F)F. The number of hydrogen-bond acceptors (Lipinski definition) is 2. The summed E-state index contributed by atoms with van der Waals surface area (Å²) in [6.45, 7) is 0. The van der Waals surface area contributed by atoms with Crippen LogP contribution < -0.4 is 0 Å². The minimum atomic E-state index is -6.08. The second-order valence-corrected chi connectivity index (χ2v) is 2.85. The molecule has 0 saturated carbocycles. The molecule has 0 saturated heterocycles. The average Bonchev–Trinajstić information content (AvgIpc) is 1.99. The van der Waals surface area contributed by atoms with Crippen molar-refractivity contribution in [2.24, 2.45) is 0 Å². The number of halogens is 8. The van der Waals surface area contributed by atoms with Crippen LogP contribution in [0.15, 0.2) is 0 Å². The van der Waals surface area contributed by atoms with Crippen LogP contribution in [0.4, 0.5) is 34.7 Å². The highest BCUT2D eigenvalue weighted by atomic mass is 31.2. The molecule has 2 N–H and O–H groups in total. The van der Waals surface area contributed by atoms with Crippen molar-refractivity contribution in [2.75, 3.05) is 0 Å². The average molecular weight is 292 g/mol. The van der Waals surface area contributed by atoms with Gasteiger partial charge in [-0.05, 0) is 0 Å². The second-order valence-electron chi connectivity index (χ2n) is 2.42. The summed E-state index contributed by atoms with van der Waals surface area (Å²) in [4.78, 5) is 6.79. The Bertz CT molecular complexity index is 265. The summed E-state index contributed by atoms with van der Waals surface area (Å²) in [5.74, 6) is -9.50. The minimum Gasteiger partial charge on any atom is -0.350 e. The molecule has 102 valence electrons. The van der Waals surface area contributed by atoms with Crippen molar-refractivity contribution in [1.29, 1.82) is 0 Å². The van der Waals surface area contributed by atoms with Gasteiger partial charge in [-0.25, -0.2) is 0 Å². The Morgan fingerprint density at radius 1 is 1.06 bits per heavy atom. The van der Waals surface area contributed by atoms with Crippen molar-refractivity contribution < 1.29 is 44.7 Å². The topological polar surface area (TPSA) is 40.5 Å². The van der Waals surface area contributed by atoms with E-state index in [1.807, 2.05) is 0 Å². The third-order valence-electron chi connectivity index (χ3n) is 1.18. The molecule has 0 fully saturated rings. The molecule has 1 atom stereocenters. The number of rotatable bonds is 2. The van der Waals surface area contributed by atoms with E-state index < -0.39 is 33.1 Å². The lowest BCUT2D eigenvalue weighted by Crippen LogP contribution is -2.55. The largest absolute Gasteiger partial charge is 0.454 e. The molecule has 0 aliphatic rings. The van der Waals surface area contributed by atoms with Gasteiger partial charge in [0.1, 0.15) is 0 Å². The van der Waals surface area contributed by atoms with Crippen molar-refractivity contribution in [3.63, 3.8) is 0 Å². The third kappa shape index (κ3) is 6.00. The highest BCUT2D eigenvalue weighted by molar-refractivity contribution is 7.39. The van der Waals surface area contributed by atoms with Crippen LogP contribution in [0.5, 0.6) is 0 Å². The highest BCUT2D eigenvalue weighted by Gasteiger charge is 2.70. The van der Waals surface area contributed by atoms with E-state index in [1.165, 1.54) is 0 Å². The zero-order valence-electron chi connectivity index (χ0n) is 7.65. The molecule has 0 radical (unpaired) electrons. The van der Waals surface area contributed by atoms with Crippen LogP contribution in [-0.4, -0.2) is 28.0 Å². The van der Waals surface area contributed by atoms with Crippen molar-refractivity contribution in [3.05, 3.63) is 0 Å². The Labute approximate surface area is 91.3 Å². The first-order chi connectivity index (χ1) is 7.29. The Kier molecular flexibility index (Phi) is 6.96. The fourth-order valence-corrected chi connectivity index (χ4v) is 0.453. The predicted octanol–water partition coefficient (Wildman–Crippen LogP) is 3.01. The van der Waals surface area contributed by atoms with Crippen LogP contribution in [-0.2, 0) is 0 Å². The van der Waals surface area contributed by atoms with E-state index in [-0.39, 0.29) is 0 Å². The van der Waals surface area contributed by atoms with Gasteiger partial charge >= 0.3 is 26.7 Å². The molecule has 0 aliphatic carbocycles. The Morgan fingerprint density at radius 3 is 1.53 bits per heavy atom. The molecule has 0 aliphatic heterocycles. The van der Waals surface area contributed by atoms with Crippen molar-refractivity contribution in [2.45, 2.75) is 24.4 Å². The van der Waals surface area contributed by atoms with E-state index in [4.69, 9.17) is 10.00 Å². The first-order valence-corrected chi connectivity index (χ1v) is 4.47. The molecule has 0 bridgehead atoms. The van der Waals surface area contributed by atoms with Gasteiger partial charge < -0.3 is 10.00 Å². The molecule has 2 nitrogen and oxygen atoms in total. The van der Waals surface area contributed by atoms with E-state index in [0.29, 0.717) is 0 Å². The van der Waals surface area contributed by atoms with E-state index >= 15 is 0 Å². The van der Waals surface area contributed by atoms with E-state index in [0.717, 1.165) is 5.92 Å². The quantitative estimate of drug-likeness (QED) is 0.466. The van der Waals surface area contributed by atoms with Crippen molar-refractivity contribution in [1.82, 2.24) is 0 Å². The van der Waals surface area contributed by atoms with Gasteiger partial charge in [-0.3, -0.25) is 0 Å². The summed E-state index contributed by atoms with van der Waals surface area (Å²) in [5.41, 5.74) is 0. The smallest absolute Gasteiger partial charge is 0.350 e. The third-order valence-corrected chi connectivity index (χ3v) is 1.18. The van der Waals surface area contributed by atoms with Crippen LogP contribution in [0.3, 0.4) is 0 Å². The summed E-state index contributed by atoms with van der Waals surface area (Å²) in [7, 11) is -3.62. The molecule has 0 aromatic rings. The molecule has 17 heavy (non-hydrogen) atoms. The van der Waals surface area contributed by atoms with E-state index in [2.05, 4.69) is 6.42 Å². The van der Waals surface area contributed by atoms with Gasteiger partial charge in [0, 0.05) is 0 Å². The normalized spacial score (nSPS) is 15.6. The zero-order chi connectivity index (χ0) is 14.5. The van der Waals surface area contributed by atoms with E-state index in [1.54, 1.807) is 0 Å². The number of alkyl halides is 6. The fraction of sp³-hybridized carbons (Fsp3) is 0.667. The monoisotopic (exact) mass is 292 g/mol. The highest BCUT2D eigenvalue weighted by Crippen LogP contribution is 2.44. The predicted molar refractivity (Wildman–Crippen MR) is 41.9 cm³/mol. The lowest BCUT2D eigenvalue weighted by Gasteiger charge is -2.28. The number of aliphatic hydroxyl groups is 1. The maximum atomic E-state index is 12.2. The summed E-state index contributed by atoms with van der Waals surface area (Å²) in [6, 6.07) is 0. The van der Waals surface area contributed by atoms with Gasteiger partial charge in [0.15, 0.2) is 0 Å². The maximum Gasteiger partial charge on any atom is 0.454 e. The lowest BCUT2D eigenvalue weighted by atomic mass is 10.1. The van der Waals surface area contributed by atoms with Gasteiger partial charge in [0.2, 0.25) is 0 Å². The molecule has 0 amide bonds. The summed E-state index contributed by atoms with van der Waals surface area (Å²) in [5, 5.41) is 7.87. The van der Waals surface area contributed by atoms with Crippen molar-refractivity contribution in [3.8, 4) is 12.3 Å². The molecule has 11 heteroatoms. The lowest BCUT2D eigenvalue weighted by molar-refractivity contribution is -0.384. The van der Waals surface area contributed by atoms with Gasteiger partial charge in [-0.2, -0.15) is 34.7 Å². The summed E-state index contributed by atoms with van der Waals surface area (Å²) >= 11 is 0. The molecule has 0 spiro atoms. The molecule has 1 unspecified atom stereocenters. The summed E-state index contributed by atoms with van der Waals surface area (Å²) in [6.07, 6.45) is -3.63. The van der Waals surface area contributed by atoms with Crippen LogP contribution in [0, 0.1) is 12.3 Å². The van der Waals surface area contributed by atoms with Crippen molar-refractivity contribution >= 4 is 8.77 Å². The number of terminal acetylenes is 1. The van der Waals surface area contributed by atoms with Crippen LogP contribution in [0.1, 0.15) is 6.42 Å². The Morgan fingerprint density at radius 2 is 1.35 bits per heavy atom. The number of hydrogen-bond donors (Lipinski definition) is 2. The summed E-state index contributed by atoms with van der Waals surface area (Å²) < 4.78 is 90.9. The molecule has 0 heterocycles. The van der Waals surface area contributed by atoms with Gasteiger partial charge in [0.05, 0.1) is 6.42 Å². The Hall–Kier alpha value is -0.650. The van der Waals surface area contributed by atoms with Crippen LogP contribution in [0.25, 0.3) is 0 Å². The van der Waals surface area contributed by atoms with Gasteiger partial charge in [-0.1, -0.05) is 0 Å². The standard InChI is InChI=1S/C6H4F6O.F2HOP/c1-2-3-4(7,8)5(9,13)6(10,11)12;1-4(2)3/h1,13H,3H2;3H. The first-order valence-electron chi connectivity index (χ1n) is 3.39. The fourth-order valence-electron chi connectivity index (χ4n) is 0.453. The Balaban J connectivity index is 0. The molecular weight excluding hydrogens is 287 g/mol. The second kappa shape index (κ2) is 6.33. The molecular formula is C6H5F8O2P. The van der Waals surface area contributed by atoms with E-state index in [9.17, 15) is 34.7 Å². The molecule has 0 rings (SSSR count). The van der Waals surface area contributed by atoms with Crippen LogP contribution >= 0.6 is 8.77 Å². The molecule has 0 aromatic heterocycles.